The fourth-order valence-corrected chi connectivity index (χ4v) is 3.79. The molecule has 180 valence electrons. The van der Waals surface area contributed by atoms with E-state index in [1.54, 1.807) is 12.1 Å². The van der Waals surface area contributed by atoms with Crippen molar-refractivity contribution < 1.29 is 19.1 Å². The van der Waals surface area contributed by atoms with Crippen LogP contribution in [0.15, 0.2) is 97.5 Å². The molecule has 2 N–H and O–H groups in total. The van der Waals surface area contributed by atoms with Crippen LogP contribution in [0.5, 0.6) is 0 Å². The first kappa shape index (κ1) is 24.3. The lowest BCUT2D eigenvalue weighted by Crippen LogP contribution is -2.29. The molecule has 0 bridgehead atoms. The Morgan fingerprint density at radius 3 is 2.14 bits per heavy atom. The van der Waals surface area contributed by atoms with Gasteiger partial charge in [0.15, 0.2) is 0 Å². The van der Waals surface area contributed by atoms with E-state index in [4.69, 9.17) is 4.74 Å². The maximum Gasteiger partial charge on any atom is 0.337 e. The predicted molar refractivity (Wildman–Crippen MR) is 134 cm³/mol. The number of rotatable bonds is 8. The van der Waals surface area contributed by atoms with Gasteiger partial charge in [0, 0.05) is 24.6 Å². The number of carbonyl (C=O) groups excluding carboxylic acids is 3. The van der Waals surface area contributed by atoms with E-state index in [9.17, 15) is 14.4 Å². The summed E-state index contributed by atoms with van der Waals surface area (Å²) in [5.41, 5.74) is 3.06. The first-order chi connectivity index (χ1) is 17.5. The van der Waals surface area contributed by atoms with Gasteiger partial charge in [-0.25, -0.2) is 9.78 Å². The van der Waals surface area contributed by atoms with E-state index in [0.29, 0.717) is 11.3 Å². The highest BCUT2D eigenvalue weighted by Crippen LogP contribution is 2.25. The van der Waals surface area contributed by atoms with Crippen molar-refractivity contribution in [2.75, 3.05) is 12.4 Å². The molecule has 0 unspecified atom stereocenters. The molecule has 0 atom stereocenters. The van der Waals surface area contributed by atoms with Crippen LogP contribution in [0.1, 0.15) is 43.5 Å². The molecule has 1 heterocycles. The quantitative estimate of drug-likeness (QED) is 0.370. The molecule has 4 aromatic rings. The normalized spacial score (nSPS) is 10.5. The van der Waals surface area contributed by atoms with Gasteiger partial charge in [0.1, 0.15) is 5.69 Å². The molecule has 0 aliphatic carbocycles. The lowest BCUT2D eigenvalue weighted by Gasteiger charge is -2.18. The summed E-state index contributed by atoms with van der Waals surface area (Å²) in [6.07, 6.45) is 4.22. The van der Waals surface area contributed by atoms with Gasteiger partial charge in [0.25, 0.3) is 5.91 Å². The summed E-state index contributed by atoms with van der Waals surface area (Å²) >= 11 is 0. The summed E-state index contributed by atoms with van der Waals surface area (Å²) in [6.45, 7) is 0.133. The SMILES string of the molecule is COC(=O)c1cc(CNC(=O)C(c2ccccc2)c2ccccc2)cc(NC(=O)c2cnccn2)c1. The maximum atomic E-state index is 13.4. The minimum absolute atomic E-state index is 0.129. The number of esters is 1. The van der Waals surface area contributed by atoms with Crippen molar-refractivity contribution in [2.24, 2.45) is 0 Å². The molecule has 36 heavy (non-hydrogen) atoms. The maximum absolute atomic E-state index is 13.4. The van der Waals surface area contributed by atoms with Gasteiger partial charge < -0.3 is 15.4 Å². The Hall–Kier alpha value is -4.85. The van der Waals surface area contributed by atoms with E-state index in [2.05, 4.69) is 20.6 Å². The second kappa shape index (κ2) is 11.5. The van der Waals surface area contributed by atoms with Crippen LogP contribution in [0.4, 0.5) is 5.69 Å². The third-order valence-electron chi connectivity index (χ3n) is 5.46. The summed E-state index contributed by atoms with van der Waals surface area (Å²) in [5, 5.41) is 5.68. The average molecular weight is 481 g/mol. The third-order valence-corrected chi connectivity index (χ3v) is 5.46. The van der Waals surface area contributed by atoms with Crippen LogP contribution < -0.4 is 10.6 Å². The van der Waals surface area contributed by atoms with Crippen molar-refractivity contribution in [3.63, 3.8) is 0 Å². The largest absolute Gasteiger partial charge is 0.465 e. The molecule has 8 heteroatoms. The number of hydrogen-bond donors (Lipinski definition) is 2. The molecule has 8 nitrogen and oxygen atoms in total. The van der Waals surface area contributed by atoms with Gasteiger partial charge in [0.2, 0.25) is 5.91 Å². The number of anilines is 1. The Morgan fingerprint density at radius 2 is 1.56 bits per heavy atom. The number of nitrogens with one attached hydrogen (secondary N) is 2. The number of ether oxygens (including phenoxy) is 1. The zero-order valence-corrected chi connectivity index (χ0v) is 19.5. The molecule has 0 saturated heterocycles. The summed E-state index contributed by atoms with van der Waals surface area (Å²) in [4.78, 5) is 46.0. The van der Waals surface area contributed by atoms with Crippen molar-refractivity contribution in [1.82, 2.24) is 15.3 Å². The fourth-order valence-electron chi connectivity index (χ4n) is 3.79. The highest BCUT2D eigenvalue weighted by atomic mass is 16.5. The summed E-state index contributed by atoms with van der Waals surface area (Å²) in [5.74, 6) is -1.74. The Balaban J connectivity index is 1.57. The minimum Gasteiger partial charge on any atom is -0.465 e. The molecular formula is C28H24N4O4. The molecule has 0 saturated carbocycles. The number of benzene rings is 3. The van der Waals surface area contributed by atoms with Gasteiger partial charge >= 0.3 is 5.97 Å². The topological polar surface area (TPSA) is 110 Å². The molecular weight excluding hydrogens is 456 g/mol. The number of nitrogens with zero attached hydrogens (tertiary/aromatic N) is 2. The Morgan fingerprint density at radius 1 is 0.889 bits per heavy atom. The molecule has 3 aromatic carbocycles. The van der Waals surface area contributed by atoms with E-state index < -0.39 is 17.8 Å². The molecule has 0 radical (unpaired) electrons. The Kier molecular flexibility index (Phi) is 7.77. The molecule has 4 rings (SSSR count). The van der Waals surface area contributed by atoms with Gasteiger partial charge in [-0.3, -0.25) is 14.6 Å². The predicted octanol–water partition coefficient (Wildman–Crippen LogP) is 3.96. The van der Waals surface area contributed by atoms with Crippen LogP contribution in [0.25, 0.3) is 0 Å². The van der Waals surface area contributed by atoms with Gasteiger partial charge in [-0.2, -0.15) is 0 Å². The van der Waals surface area contributed by atoms with Crippen LogP contribution in [0.3, 0.4) is 0 Å². The second-order valence-corrected chi connectivity index (χ2v) is 7.93. The first-order valence-corrected chi connectivity index (χ1v) is 11.2. The fraction of sp³-hybridized carbons (Fsp3) is 0.107. The number of carbonyl (C=O) groups is 3. The van der Waals surface area contributed by atoms with Crippen molar-refractivity contribution in [3.05, 3.63) is 125 Å². The molecule has 0 fully saturated rings. The van der Waals surface area contributed by atoms with Crippen LogP contribution in [-0.4, -0.2) is 34.9 Å². The molecule has 0 aliphatic rings. The number of amides is 2. The van der Waals surface area contributed by atoms with Crippen LogP contribution in [0.2, 0.25) is 0 Å². The molecule has 2 amide bonds. The number of aromatic nitrogens is 2. The third kappa shape index (κ3) is 5.98. The summed E-state index contributed by atoms with van der Waals surface area (Å²) in [7, 11) is 1.28. The first-order valence-electron chi connectivity index (χ1n) is 11.2. The van der Waals surface area contributed by atoms with E-state index in [-0.39, 0.29) is 23.7 Å². The van der Waals surface area contributed by atoms with Crippen LogP contribution in [0, 0.1) is 0 Å². The van der Waals surface area contributed by atoms with Gasteiger partial charge in [0.05, 0.1) is 24.8 Å². The van der Waals surface area contributed by atoms with Gasteiger partial charge in [-0.15, -0.1) is 0 Å². The smallest absolute Gasteiger partial charge is 0.337 e. The van der Waals surface area contributed by atoms with E-state index in [1.165, 1.54) is 31.8 Å². The monoisotopic (exact) mass is 480 g/mol. The summed E-state index contributed by atoms with van der Waals surface area (Å²) in [6, 6.07) is 23.8. The minimum atomic E-state index is -0.565. The molecule has 1 aromatic heterocycles. The van der Waals surface area contributed by atoms with E-state index >= 15 is 0 Å². The number of hydrogen-bond acceptors (Lipinski definition) is 6. The van der Waals surface area contributed by atoms with E-state index in [0.717, 1.165) is 11.1 Å². The van der Waals surface area contributed by atoms with Crippen LogP contribution >= 0.6 is 0 Å². The van der Waals surface area contributed by atoms with Crippen molar-refractivity contribution in [2.45, 2.75) is 12.5 Å². The van der Waals surface area contributed by atoms with Crippen molar-refractivity contribution >= 4 is 23.5 Å². The Labute approximate surface area is 208 Å². The molecule has 0 spiro atoms. The van der Waals surface area contributed by atoms with Crippen molar-refractivity contribution in [1.29, 1.82) is 0 Å². The van der Waals surface area contributed by atoms with Gasteiger partial charge in [-0.05, 0) is 34.9 Å². The standard InChI is InChI=1S/C28H24N4O4/c1-36-28(35)22-14-19(15-23(16-22)32-26(33)24-18-29-12-13-30-24)17-31-27(34)25(20-8-4-2-5-9-20)21-10-6-3-7-11-21/h2-16,18,25H,17H2,1H3,(H,31,34)(H,32,33). The summed E-state index contributed by atoms with van der Waals surface area (Å²) < 4.78 is 4.85. The Bertz CT molecular complexity index is 1310. The van der Waals surface area contributed by atoms with E-state index in [1.807, 2.05) is 60.7 Å². The second-order valence-electron chi connectivity index (χ2n) is 7.93. The van der Waals surface area contributed by atoms with Crippen molar-refractivity contribution in [3.8, 4) is 0 Å². The lowest BCUT2D eigenvalue weighted by molar-refractivity contribution is -0.121. The zero-order chi connectivity index (χ0) is 25.3. The highest BCUT2D eigenvalue weighted by molar-refractivity contribution is 6.03. The van der Waals surface area contributed by atoms with Crippen LogP contribution in [-0.2, 0) is 16.1 Å². The zero-order valence-electron chi connectivity index (χ0n) is 19.5. The average Bonchev–Trinajstić information content (AvgIpc) is 2.93. The van der Waals surface area contributed by atoms with Gasteiger partial charge in [-0.1, -0.05) is 60.7 Å². The molecule has 0 aliphatic heterocycles. The number of methoxy groups -OCH3 is 1. The highest BCUT2D eigenvalue weighted by Gasteiger charge is 2.22. The lowest BCUT2D eigenvalue weighted by atomic mass is 9.90.